The Kier molecular flexibility index (Phi) is 5.07. The first kappa shape index (κ1) is 13.1. The van der Waals surface area contributed by atoms with Gasteiger partial charge in [0.1, 0.15) is 5.75 Å². The highest BCUT2D eigenvalue weighted by molar-refractivity contribution is 5.91. The Labute approximate surface area is 101 Å². The summed E-state index contributed by atoms with van der Waals surface area (Å²) in [7, 11) is 2.92. The molecule has 1 rings (SSSR count). The van der Waals surface area contributed by atoms with Crippen molar-refractivity contribution >= 4 is 12.0 Å². The van der Waals surface area contributed by atoms with E-state index in [0.29, 0.717) is 6.61 Å². The summed E-state index contributed by atoms with van der Waals surface area (Å²) in [6.07, 6.45) is 1.63. The molecule has 0 fully saturated rings. The third-order valence-electron chi connectivity index (χ3n) is 2.10. The summed E-state index contributed by atoms with van der Waals surface area (Å²) < 4.78 is 14.9. The fourth-order valence-electron chi connectivity index (χ4n) is 1.27. The van der Waals surface area contributed by atoms with Crippen molar-refractivity contribution in [1.29, 1.82) is 0 Å². The van der Waals surface area contributed by atoms with Gasteiger partial charge in [-0.1, -0.05) is 12.1 Å². The van der Waals surface area contributed by atoms with Crippen LogP contribution < -0.4 is 4.74 Å². The number of ether oxygens (including phenoxy) is 3. The summed E-state index contributed by atoms with van der Waals surface area (Å²) in [5.41, 5.74) is 0.847. The molecule has 4 heteroatoms. The van der Waals surface area contributed by atoms with Gasteiger partial charge in [-0.3, -0.25) is 0 Å². The maximum absolute atomic E-state index is 11.4. The van der Waals surface area contributed by atoms with Gasteiger partial charge in [0.25, 0.3) is 0 Å². The van der Waals surface area contributed by atoms with Crippen LogP contribution in [0.3, 0.4) is 0 Å². The molecule has 0 aliphatic rings. The van der Waals surface area contributed by atoms with E-state index in [1.165, 1.54) is 7.11 Å². The van der Waals surface area contributed by atoms with E-state index in [-0.39, 0.29) is 5.76 Å². The first-order valence-electron chi connectivity index (χ1n) is 5.28. The second kappa shape index (κ2) is 6.58. The molecule has 0 amide bonds. The molecular weight excluding hydrogens is 220 g/mol. The summed E-state index contributed by atoms with van der Waals surface area (Å²) >= 11 is 0. The maximum atomic E-state index is 11.4. The van der Waals surface area contributed by atoms with Crippen molar-refractivity contribution in [2.24, 2.45) is 0 Å². The van der Waals surface area contributed by atoms with Gasteiger partial charge in [0.2, 0.25) is 5.76 Å². The molecule has 0 saturated heterocycles. The van der Waals surface area contributed by atoms with Crippen LogP contribution in [0.1, 0.15) is 12.5 Å². The number of carbonyl (C=O) groups is 1. The van der Waals surface area contributed by atoms with E-state index in [2.05, 4.69) is 4.74 Å². The van der Waals surface area contributed by atoms with Crippen molar-refractivity contribution < 1.29 is 19.0 Å². The molecule has 0 aliphatic carbocycles. The van der Waals surface area contributed by atoms with E-state index in [1.807, 2.05) is 31.2 Å². The summed E-state index contributed by atoms with van der Waals surface area (Å²) in [5, 5.41) is 0. The highest BCUT2D eigenvalue weighted by Crippen LogP contribution is 2.15. The van der Waals surface area contributed by atoms with Gasteiger partial charge in [0.15, 0.2) is 0 Å². The number of methoxy groups -OCH3 is 2. The molecule has 0 atom stereocenters. The van der Waals surface area contributed by atoms with Crippen molar-refractivity contribution in [3.8, 4) is 5.75 Å². The number of carbonyl (C=O) groups excluding carboxylic acids is 1. The summed E-state index contributed by atoms with van der Waals surface area (Å²) in [6.45, 7) is 2.22. The lowest BCUT2D eigenvalue weighted by Crippen LogP contribution is -2.08. The lowest BCUT2D eigenvalue weighted by Gasteiger charge is -2.06. The fourth-order valence-corrected chi connectivity index (χ4v) is 1.27. The zero-order valence-electron chi connectivity index (χ0n) is 10.2. The molecule has 0 N–H and O–H groups in total. The fraction of sp³-hybridized carbons (Fsp3) is 0.308. The second-order valence-electron chi connectivity index (χ2n) is 3.21. The van der Waals surface area contributed by atoms with Gasteiger partial charge in [-0.05, 0) is 30.7 Å². The van der Waals surface area contributed by atoms with Crippen LogP contribution in [0.2, 0.25) is 0 Å². The second-order valence-corrected chi connectivity index (χ2v) is 3.21. The molecule has 0 spiro atoms. The maximum Gasteiger partial charge on any atom is 0.373 e. The topological polar surface area (TPSA) is 44.8 Å². The average molecular weight is 236 g/mol. The van der Waals surface area contributed by atoms with Crippen LogP contribution in [-0.2, 0) is 14.3 Å². The molecule has 1 aromatic rings. The number of benzene rings is 1. The summed E-state index contributed by atoms with van der Waals surface area (Å²) in [5.74, 6) is 0.473. The predicted molar refractivity (Wildman–Crippen MR) is 64.6 cm³/mol. The van der Waals surface area contributed by atoms with Crippen molar-refractivity contribution in [1.82, 2.24) is 0 Å². The Morgan fingerprint density at radius 1 is 1.24 bits per heavy atom. The molecule has 0 heterocycles. The highest BCUT2D eigenvalue weighted by atomic mass is 16.6. The number of esters is 1. The molecule has 0 saturated carbocycles. The lowest BCUT2D eigenvalue weighted by atomic mass is 10.2. The molecule has 1 aromatic carbocycles. The quantitative estimate of drug-likeness (QED) is 0.447. The van der Waals surface area contributed by atoms with Crippen molar-refractivity contribution in [2.75, 3.05) is 20.8 Å². The normalized spacial score (nSPS) is 10.9. The van der Waals surface area contributed by atoms with Gasteiger partial charge in [-0.25, -0.2) is 4.79 Å². The van der Waals surface area contributed by atoms with Gasteiger partial charge in [-0.2, -0.15) is 0 Å². The molecule has 0 bridgehead atoms. The zero-order chi connectivity index (χ0) is 12.7. The minimum atomic E-state index is -0.484. The standard InChI is InChI=1S/C13H16O4/c1-4-17-12(13(14)16-3)9-10-5-7-11(15-2)8-6-10/h5-9H,4H2,1-3H3. The molecule has 92 valence electrons. The predicted octanol–water partition coefficient (Wildman–Crippen LogP) is 2.25. The molecule has 4 nitrogen and oxygen atoms in total. The largest absolute Gasteiger partial charge is 0.497 e. The molecular formula is C13H16O4. The Hall–Kier alpha value is -1.97. The van der Waals surface area contributed by atoms with Crippen LogP contribution in [-0.4, -0.2) is 26.8 Å². The van der Waals surface area contributed by atoms with E-state index >= 15 is 0 Å². The van der Waals surface area contributed by atoms with Crippen molar-refractivity contribution in [2.45, 2.75) is 6.92 Å². The Bertz CT molecular complexity index is 392. The number of hydrogen-bond donors (Lipinski definition) is 0. The van der Waals surface area contributed by atoms with Crippen LogP contribution in [0.15, 0.2) is 30.0 Å². The van der Waals surface area contributed by atoms with E-state index in [1.54, 1.807) is 13.2 Å². The molecule has 17 heavy (non-hydrogen) atoms. The van der Waals surface area contributed by atoms with Crippen molar-refractivity contribution in [3.05, 3.63) is 35.6 Å². The van der Waals surface area contributed by atoms with Gasteiger partial charge in [-0.15, -0.1) is 0 Å². The summed E-state index contributed by atoms with van der Waals surface area (Å²) in [4.78, 5) is 11.4. The molecule has 0 aromatic heterocycles. The zero-order valence-corrected chi connectivity index (χ0v) is 10.2. The van der Waals surface area contributed by atoms with Gasteiger partial charge in [0, 0.05) is 0 Å². The minimum absolute atomic E-state index is 0.195. The Morgan fingerprint density at radius 3 is 2.35 bits per heavy atom. The average Bonchev–Trinajstić information content (AvgIpc) is 2.38. The van der Waals surface area contributed by atoms with E-state index in [9.17, 15) is 4.79 Å². The van der Waals surface area contributed by atoms with Gasteiger partial charge in [0.05, 0.1) is 20.8 Å². The minimum Gasteiger partial charge on any atom is -0.497 e. The van der Waals surface area contributed by atoms with E-state index in [4.69, 9.17) is 9.47 Å². The number of rotatable bonds is 5. The molecule has 0 unspecified atom stereocenters. The lowest BCUT2D eigenvalue weighted by molar-refractivity contribution is -0.139. The third-order valence-corrected chi connectivity index (χ3v) is 2.10. The Morgan fingerprint density at radius 2 is 1.88 bits per heavy atom. The Balaban J connectivity index is 2.91. The van der Waals surface area contributed by atoms with E-state index in [0.717, 1.165) is 11.3 Å². The monoisotopic (exact) mass is 236 g/mol. The smallest absolute Gasteiger partial charge is 0.373 e. The molecule has 0 aliphatic heterocycles. The molecule has 0 radical (unpaired) electrons. The van der Waals surface area contributed by atoms with Crippen LogP contribution in [0.4, 0.5) is 0 Å². The first-order chi connectivity index (χ1) is 8.21. The highest BCUT2D eigenvalue weighted by Gasteiger charge is 2.10. The summed E-state index contributed by atoms with van der Waals surface area (Å²) in [6, 6.07) is 7.29. The van der Waals surface area contributed by atoms with E-state index < -0.39 is 5.97 Å². The van der Waals surface area contributed by atoms with Crippen LogP contribution in [0, 0.1) is 0 Å². The van der Waals surface area contributed by atoms with Crippen LogP contribution in [0.25, 0.3) is 6.08 Å². The van der Waals surface area contributed by atoms with Gasteiger partial charge >= 0.3 is 5.97 Å². The number of hydrogen-bond acceptors (Lipinski definition) is 4. The third kappa shape index (κ3) is 3.83. The first-order valence-corrected chi connectivity index (χ1v) is 5.28. The van der Waals surface area contributed by atoms with Crippen LogP contribution >= 0.6 is 0 Å². The van der Waals surface area contributed by atoms with Gasteiger partial charge < -0.3 is 14.2 Å². The van der Waals surface area contributed by atoms with Crippen LogP contribution in [0.5, 0.6) is 5.75 Å². The SMILES string of the molecule is CCOC(=Cc1ccc(OC)cc1)C(=O)OC. The van der Waals surface area contributed by atoms with Crippen molar-refractivity contribution in [3.63, 3.8) is 0 Å².